The Labute approximate surface area is 121 Å². The molecule has 1 aliphatic carbocycles. The minimum atomic E-state index is 0.0942. The van der Waals surface area contributed by atoms with E-state index in [0.29, 0.717) is 0 Å². The summed E-state index contributed by atoms with van der Waals surface area (Å²) >= 11 is 0. The summed E-state index contributed by atoms with van der Waals surface area (Å²) in [6.45, 7) is 5.40. The largest absolute Gasteiger partial charge is 0.294 e. The number of rotatable bonds is 5. The Morgan fingerprint density at radius 1 is 1.20 bits per heavy atom. The van der Waals surface area contributed by atoms with Crippen LogP contribution in [0.4, 0.5) is 0 Å². The number of hydrogen-bond acceptors (Lipinski definition) is 1. The van der Waals surface area contributed by atoms with Crippen LogP contribution in [0.5, 0.6) is 0 Å². The van der Waals surface area contributed by atoms with Crippen LogP contribution in [-0.2, 0) is 11.2 Å². The molecule has 0 fully saturated rings. The molecular formula is C19H20O. The zero-order valence-electron chi connectivity index (χ0n) is 11.9. The third-order valence-corrected chi connectivity index (χ3v) is 3.56. The molecule has 0 saturated carbocycles. The molecule has 102 valence electrons. The van der Waals surface area contributed by atoms with Crippen LogP contribution < -0.4 is 0 Å². The van der Waals surface area contributed by atoms with Crippen molar-refractivity contribution in [3.8, 4) is 0 Å². The van der Waals surface area contributed by atoms with Crippen LogP contribution in [0.25, 0.3) is 0 Å². The monoisotopic (exact) mass is 264 g/mol. The van der Waals surface area contributed by atoms with E-state index in [0.717, 1.165) is 30.4 Å². The van der Waals surface area contributed by atoms with Gasteiger partial charge in [-0.15, -0.1) is 0 Å². The van der Waals surface area contributed by atoms with Crippen molar-refractivity contribution in [1.29, 1.82) is 0 Å². The van der Waals surface area contributed by atoms with Gasteiger partial charge in [0, 0.05) is 5.57 Å². The smallest absolute Gasteiger partial charge is 0.160 e. The van der Waals surface area contributed by atoms with Gasteiger partial charge >= 0.3 is 0 Å². The zero-order valence-corrected chi connectivity index (χ0v) is 11.9. The van der Waals surface area contributed by atoms with Crippen LogP contribution in [0.15, 0.2) is 77.9 Å². The number of aryl methyl sites for hydroxylation is 1. The van der Waals surface area contributed by atoms with Gasteiger partial charge in [-0.05, 0) is 37.3 Å². The fourth-order valence-corrected chi connectivity index (χ4v) is 2.37. The van der Waals surface area contributed by atoms with Crippen molar-refractivity contribution in [3.63, 3.8) is 0 Å². The molecule has 0 aromatic heterocycles. The SMILES string of the molecule is C=CC1=CCC(CCc2ccccc2)=CC=C1C(C)=O. The minimum absolute atomic E-state index is 0.0942. The predicted molar refractivity (Wildman–Crippen MR) is 84.5 cm³/mol. The van der Waals surface area contributed by atoms with Gasteiger partial charge in [0.05, 0.1) is 0 Å². The molecule has 2 rings (SSSR count). The molecule has 0 aliphatic heterocycles. The summed E-state index contributed by atoms with van der Waals surface area (Å²) in [5, 5.41) is 0. The summed E-state index contributed by atoms with van der Waals surface area (Å²) in [4.78, 5) is 11.6. The first-order chi connectivity index (χ1) is 9.70. The van der Waals surface area contributed by atoms with Gasteiger partial charge in [-0.3, -0.25) is 4.79 Å². The van der Waals surface area contributed by atoms with Gasteiger partial charge in [-0.25, -0.2) is 0 Å². The van der Waals surface area contributed by atoms with Crippen LogP contribution in [0.2, 0.25) is 0 Å². The molecule has 0 amide bonds. The molecule has 20 heavy (non-hydrogen) atoms. The van der Waals surface area contributed by atoms with Gasteiger partial charge in [0.1, 0.15) is 0 Å². The van der Waals surface area contributed by atoms with Crippen molar-refractivity contribution >= 4 is 5.78 Å². The number of carbonyl (C=O) groups is 1. The summed E-state index contributed by atoms with van der Waals surface area (Å²) < 4.78 is 0. The van der Waals surface area contributed by atoms with E-state index in [9.17, 15) is 4.79 Å². The average Bonchev–Trinajstić information content (AvgIpc) is 2.68. The lowest BCUT2D eigenvalue weighted by molar-refractivity contribution is -0.113. The van der Waals surface area contributed by atoms with Gasteiger partial charge in [0.2, 0.25) is 0 Å². The Morgan fingerprint density at radius 2 is 1.95 bits per heavy atom. The van der Waals surface area contributed by atoms with Gasteiger partial charge in [0.25, 0.3) is 0 Å². The van der Waals surface area contributed by atoms with Gasteiger partial charge in [0.15, 0.2) is 5.78 Å². The molecule has 0 spiro atoms. The van der Waals surface area contributed by atoms with Crippen molar-refractivity contribution in [2.75, 3.05) is 0 Å². The standard InChI is InChI=1S/C19H20O/c1-3-18-13-11-17(12-14-19(18)15(2)20)10-9-16-7-5-4-6-8-16/h3-8,12-14H,1,9-11H2,2H3. The van der Waals surface area contributed by atoms with E-state index < -0.39 is 0 Å². The van der Waals surface area contributed by atoms with E-state index in [1.54, 1.807) is 13.0 Å². The molecule has 0 heterocycles. The highest BCUT2D eigenvalue weighted by Crippen LogP contribution is 2.22. The fraction of sp³-hybridized carbons (Fsp3) is 0.211. The maximum absolute atomic E-state index is 11.6. The quantitative estimate of drug-likeness (QED) is 0.761. The van der Waals surface area contributed by atoms with Crippen molar-refractivity contribution in [2.45, 2.75) is 26.2 Å². The van der Waals surface area contributed by atoms with Crippen LogP contribution in [0.3, 0.4) is 0 Å². The van der Waals surface area contributed by atoms with Crippen LogP contribution in [0, 0.1) is 0 Å². The first-order valence-electron chi connectivity index (χ1n) is 6.98. The first-order valence-corrected chi connectivity index (χ1v) is 6.98. The minimum Gasteiger partial charge on any atom is -0.294 e. The number of Topliss-reactive ketones (excluding diaryl/α,β-unsaturated/α-hetero) is 1. The summed E-state index contributed by atoms with van der Waals surface area (Å²) in [5.74, 6) is 0.0942. The first kappa shape index (κ1) is 14.3. The van der Waals surface area contributed by atoms with Crippen LogP contribution in [-0.4, -0.2) is 5.78 Å². The average molecular weight is 264 g/mol. The molecule has 0 saturated heterocycles. The third kappa shape index (κ3) is 3.67. The van der Waals surface area contributed by atoms with Crippen molar-refractivity contribution in [3.05, 3.63) is 83.5 Å². The van der Waals surface area contributed by atoms with Crippen molar-refractivity contribution in [2.24, 2.45) is 0 Å². The topological polar surface area (TPSA) is 17.1 Å². The lowest BCUT2D eigenvalue weighted by atomic mass is 10.0. The molecule has 1 aliphatic rings. The molecule has 1 nitrogen and oxygen atoms in total. The van der Waals surface area contributed by atoms with Crippen LogP contribution >= 0.6 is 0 Å². The molecule has 0 N–H and O–H groups in total. The van der Waals surface area contributed by atoms with Gasteiger partial charge in [-0.2, -0.15) is 0 Å². The summed E-state index contributed by atoms with van der Waals surface area (Å²) in [5.41, 5.74) is 4.41. The lowest BCUT2D eigenvalue weighted by Gasteiger charge is -2.04. The van der Waals surface area contributed by atoms with E-state index in [4.69, 9.17) is 0 Å². The highest BCUT2D eigenvalue weighted by molar-refractivity contribution is 5.98. The Morgan fingerprint density at radius 3 is 2.60 bits per heavy atom. The Balaban J connectivity index is 2.09. The van der Waals surface area contributed by atoms with E-state index in [1.165, 1.54) is 11.1 Å². The number of benzene rings is 1. The van der Waals surface area contributed by atoms with E-state index >= 15 is 0 Å². The molecular weight excluding hydrogens is 244 g/mol. The summed E-state index contributed by atoms with van der Waals surface area (Å²) in [7, 11) is 0. The van der Waals surface area contributed by atoms with E-state index in [1.807, 2.05) is 12.1 Å². The maximum Gasteiger partial charge on any atom is 0.160 e. The fourth-order valence-electron chi connectivity index (χ4n) is 2.37. The zero-order chi connectivity index (χ0) is 14.4. The molecule has 1 heteroatoms. The Bertz CT molecular complexity index is 585. The number of allylic oxidation sites excluding steroid dienone is 7. The number of hydrogen-bond donors (Lipinski definition) is 0. The number of carbonyl (C=O) groups excluding carboxylic acids is 1. The second-order valence-corrected chi connectivity index (χ2v) is 5.01. The third-order valence-electron chi connectivity index (χ3n) is 3.56. The predicted octanol–water partition coefficient (Wildman–Crippen LogP) is 4.58. The molecule has 0 unspecified atom stereocenters. The van der Waals surface area contributed by atoms with Gasteiger partial charge in [-0.1, -0.05) is 66.8 Å². The second kappa shape index (κ2) is 6.85. The molecule has 0 bridgehead atoms. The maximum atomic E-state index is 11.6. The lowest BCUT2D eigenvalue weighted by Crippen LogP contribution is -1.97. The Kier molecular flexibility index (Phi) is 4.89. The van der Waals surface area contributed by atoms with Gasteiger partial charge < -0.3 is 0 Å². The van der Waals surface area contributed by atoms with Crippen molar-refractivity contribution < 1.29 is 4.79 Å². The molecule has 1 aromatic rings. The highest BCUT2D eigenvalue weighted by atomic mass is 16.1. The molecule has 0 radical (unpaired) electrons. The van der Waals surface area contributed by atoms with Crippen LogP contribution in [0.1, 0.15) is 25.3 Å². The van der Waals surface area contributed by atoms with E-state index in [-0.39, 0.29) is 5.78 Å². The normalized spacial score (nSPS) is 14.8. The summed E-state index contributed by atoms with van der Waals surface area (Å²) in [6, 6.07) is 10.5. The van der Waals surface area contributed by atoms with Crippen molar-refractivity contribution in [1.82, 2.24) is 0 Å². The van der Waals surface area contributed by atoms with E-state index in [2.05, 4.69) is 43.0 Å². The molecule has 0 atom stereocenters. The number of ketones is 1. The second-order valence-electron chi connectivity index (χ2n) is 5.01. The molecule has 1 aromatic carbocycles. The Hall–Kier alpha value is -2.15. The summed E-state index contributed by atoms with van der Waals surface area (Å²) in [6.07, 6.45) is 10.8. The highest BCUT2D eigenvalue weighted by Gasteiger charge is 2.10.